The fraction of sp³-hybridized carbons (Fsp3) is 0.562. The minimum absolute atomic E-state index is 0.123. The van der Waals surface area contributed by atoms with E-state index >= 15 is 0 Å². The molecule has 1 atom stereocenters. The first-order valence-corrected chi connectivity index (χ1v) is 8.50. The third-order valence-electron chi connectivity index (χ3n) is 3.98. The van der Waals surface area contributed by atoms with Gasteiger partial charge in [0.1, 0.15) is 5.84 Å². The Kier molecular flexibility index (Phi) is 5.17. The third-order valence-corrected chi connectivity index (χ3v) is 4.92. The lowest BCUT2D eigenvalue weighted by Crippen LogP contribution is -2.30. The Morgan fingerprint density at radius 3 is 2.86 bits per heavy atom. The highest BCUT2D eigenvalue weighted by Crippen LogP contribution is 2.33. The molecule has 2 rings (SSSR count). The van der Waals surface area contributed by atoms with E-state index in [9.17, 15) is 5.11 Å². The first kappa shape index (κ1) is 16.2. The Morgan fingerprint density at radius 2 is 2.19 bits per heavy atom. The molecule has 0 spiro atoms. The summed E-state index contributed by atoms with van der Waals surface area (Å²) in [7, 11) is 0. The van der Waals surface area contributed by atoms with E-state index in [2.05, 4.69) is 11.8 Å². The molecular weight excluding hydrogens is 282 g/mol. The fourth-order valence-corrected chi connectivity index (χ4v) is 3.68. The van der Waals surface area contributed by atoms with E-state index in [0.717, 1.165) is 54.3 Å². The van der Waals surface area contributed by atoms with Crippen LogP contribution in [0, 0.1) is 5.41 Å². The fourth-order valence-electron chi connectivity index (χ4n) is 2.83. The van der Waals surface area contributed by atoms with Gasteiger partial charge in [0.05, 0.1) is 11.2 Å². The van der Waals surface area contributed by atoms with Crippen molar-refractivity contribution >= 4 is 23.3 Å². The summed E-state index contributed by atoms with van der Waals surface area (Å²) >= 11 is 1.72. The normalized spacial score (nSPS) is 22.9. The number of aliphatic hydroxyl groups is 1. The smallest absolute Gasteiger partial charge is 0.126 e. The van der Waals surface area contributed by atoms with Crippen molar-refractivity contribution in [3.63, 3.8) is 0 Å². The Hall–Kier alpha value is -1.20. The Balaban J connectivity index is 2.34. The molecule has 4 nitrogen and oxygen atoms in total. The zero-order valence-electron chi connectivity index (χ0n) is 12.9. The van der Waals surface area contributed by atoms with Crippen LogP contribution in [0.15, 0.2) is 23.1 Å². The zero-order valence-corrected chi connectivity index (χ0v) is 13.7. The summed E-state index contributed by atoms with van der Waals surface area (Å²) in [5.74, 6) is 1.08. The minimum Gasteiger partial charge on any atom is -0.390 e. The van der Waals surface area contributed by atoms with Gasteiger partial charge in [0.2, 0.25) is 0 Å². The van der Waals surface area contributed by atoms with E-state index in [0.29, 0.717) is 0 Å². The van der Waals surface area contributed by atoms with Crippen LogP contribution in [0.2, 0.25) is 0 Å². The van der Waals surface area contributed by atoms with Crippen LogP contribution in [0.25, 0.3) is 0 Å². The molecule has 4 N–H and O–H groups in total. The minimum atomic E-state index is -0.582. The summed E-state index contributed by atoms with van der Waals surface area (Å²) in [5.41, 5.74) is 7.12. The molecule has 5 heteroatoms. The number of nitrogen functional groups attached to an aromatic ring is 1. The van der Waals surface area contributed by atoms with Crippen LogP contribution in [0.3, 0.4) is 0 Å². The van der Waals surface area contributed by atoms with Crippen molar-refractivity contribution in [1.29, 1.82) is 5.41 Å². The number of nitrogens with two attached hydrogens (primary N) is 1. The summed E-state index contributed by atoms with van der Waals surface area (Å²) in [6, 6.07) is 6.10. The molecule has 1 heterocycles. The predicted octanol–water partition coefficient (Wildman–Crippen LogP) is 2.82. The predicted molar refractivity (Wildman–Crippen MR) is 90.5 cm³/mol. The van der Waals surface area contributed by atoms with Crippen LogP contribution in [-0.2, 0) is 0 Å². The lowest BCUT2D eigenvalue weighted by Gasteiger charge is -2.27. The number of nitrogens with one attached hydrogen (secondary N) is 1. The molecule has 1 fully saturated rings. The van der Waals surface area contributed by atoms with E-state index in [4.69, 9.17) is 11.1 Å². The third kappa shape index (κ3) is 3.92. The van der Waals surface area contributed by atoms with Crippen LogP contribution in [0.1, 0.15) is 38.7 Å². The van der Waals surface area contributed by atoms with E-state index in [1.165, 1.54) is 0 Å². The van der Waals surface area contributed by atoms with Crippen LogP contribution in [0.4, 0.5) is 5.69 Å². The zero-order chi connectivity index (χ0) is 15.5. The molecule has 116 valence electrons. The van der Waals surface area contributed by atoms with Crippen molar-refractivity contribution < 1.29 is 5.11 Å². The van der Waals surface area contributed by atoms with Gasteiger partial charge >= 0.3 is 0 Å². The van der Waals surface area contributed by atoms with Crippen molar-refractivity contribution in [2.24, 2.45) is 5.73 Å². The summed E-state index contributed by atoms with van der Waals surface area (Å²) in [6.07, 6.45) is 2.52. The summed E-state index contributed by atoms with van der Waals surface area (Å²) in [5, 5.41) is 18.2. The van der Waals surface area contributed by atoms with Crippen LogP contribution < -0.4 is 10.6 Å². The van der Waals surface area contributed by atoms with Crippen LogP contribution in [-0.4, -0.2) is 35.4 Å². The van der Waals surface area contributed by atoms with Gasteiger partial charge in [-0.1, -0.05) is 13.0 Å². The summed E-state index contributed by atoms with van der Waals surface area (Å²) < 4.78 is 0. The van der Waals surface area contributed by atoms with Gasteiger partial charge in [0, 0.05) is 23.7 Å². The number of hydrogen-bond donors (Lipinski definition) is 3. The molecule has 0 amide bonds. The second kappa shape index (κ2) is 6.71. The summed E-state index contributed by atoms with van der Waals surface area (Å²) in [4.78, 5) is 3.33. The van der Waals surface area contributed by atoms with Gasteiger partial charge in [-0.3, -0.25) is 5.41 Å². The molecule has 1 aromatic rings. The van der Waals surface area contributed by atoms with Gasteiger partial charge in [0.15, 0.2) is 0 Å². The number of hydrogen-bond acceptors (Lipinski definition) is 4. The van der Waals surface area contributed by atoms with Crippen molar-refractivity contribution in [3.05, 3.63) is 23.8 Å². The van der Waals surface area contributed by atoms with Crippen molar-refractivity contribution in [3.8, 4) is 0 Å². The van der Waals surface area contributed by atoms with Gasteiger partial charge < -0.3 is 15.7 Å². The summed E-state index contributed by atoms with van der Waals surface area (Å²) in [6.45, 7) is 5.71. The molecule has 21 heavy (non-hydrogen) atoms. The SMILES string of the molecule is CCSc1cccc(N2CCCC(C)(O)CC2)c1C(=N)N. The quantitative estimate of drug-likeness (QED) is 0.454. The van der Waals surface area contributed by atoms with E-state index in [-0.39, 0.29) is 5.84 Å². The molecular formula is C16H25N3OS. The topological polar surface area (TPSA) is 73.3 Å². The first-order valence-electron chi connectivity index (χ1n) is 7.52. The molecule has 0 aromatic heterocycles. The lowest BCUT2D eigenvalue weighted by molar-refractivity contribution is 0.0481. The highest BCUT2D eigenvalue weighted by Gasteiger charge is 2.26. The monoisotopic (exact) mass is 307 g/mol. The maximum atomic E-state index is 10.2. The second-order valence-corrected chi connectivity index (χ2v) is 7.14. The number of thioether (sulfide) groups is 1. The highest BCUT2D eigenvalue weighted by atomic mass is 32.2. The van der Waals surface area contributed by atoms with Crippen molar-refractivity contribution in [2.45, 2.75) is 43.6 Å². The molecule has 0 saturated carbocycles. The molecule has 1 saturated heterocycles. The number of amidine groups is 1. The van der Waals surface area contributed by atoms with Crippen molar-refractivity contribution in [1.82, 2.24) is 0 Å². The largest absolute Gasteiger partial charge is 0.390 e. The molecule has 0 bridgehead atoms. The van der Waals surface area contributed by atoms with Crippen LogP contribution in [0.5, 0.6) is 0 Å². The van der Waals surface area contributed by atoms with Gasteiger partial charge in [-0.2, -0.15) is 0 Å². The maximum Gasteiger partial charge on any atom is 0.126 e. The van der Waals surface area contributed by atoms with Gasteiger partial charge in [0.25, 0.3) is 0 Å². The lowest BCUT2D eigenvalue weighted by atomic mass is 9.98. The average Bonchev–Trinajstić information content (AvgIpc) is 2.59. The number of nitrogens with zero attached hydrogens (tertiary/aromatic N) is 1. The standard InChI is InChI=1S/C16H25N3OS/c1-3-21-13-7-4-6-12(14(13)15(17)18)19-10-5-8-16(2,20)9-11-19/h4,6-7,20H,3,5,8-11H2,1-2H3,(H3,17,18). The second-order valence-electron chi connectivity index (χ2n) is 5.83. The molecule has 0 aliphatic carbocycles. The first-order chi connectivity index (χ1) is 9.94. The van der Waals surface area contributed by atoms with E-state index in [1.807, 2.05) is 25.1 Å². The Morgan fingerprint density at radius 1 is 1.43 bits per heavy atom. The molecule has 1 aliphatic rings. The maximum absolute atomic E-state index is 10.2. The van der Waals surface area contributed by atoms with Gasteiger partial charge in [-0.15, -0.1) is 11.8 Å². The Labute approximate surface area is 131 Å². The van der Waals surface area contributed by atoms with Crippen molar-refractivity contribution in [2.75, 3.05) is 23.7 Å². The van der Waals surface area contributed by atoms with E-state index in [1.54, 1.807) is 11.8 Å². The number of rotatable bonds is 4. The van der Waals surface area contributed by atoms with Gasteiger partial charge in [-0.05, 0) is 44.1 Å². The Bertz CT molecular complexity index is 516. The number of anilines is 1. The average molecular weight is 307 g/mol. The molecule has 1 aromatic carbocycles. The molecule has 0 radical (unpaired) electrons. The molecule has 1 unspecified atom stereocenters. The number of benzene rings is 1. The highest BCUT2D eigenvalue weighted by molar-refractivity contribution is 7.99. The molecule has 1 aliphatic heterocycles. The van der Waals surface area contributed by atoms with Crippen LogP contribution >= 0.6 is 11.8 Å². The van der Waals surface area contributed by atoms with E-state index < -0.39 is 5.60 Å². The van der Waals surface area contributed by atoms with Gasteiger partial charge in [-0.25, -0.2) is 0 Å².